The van der Waals surface area contributed by atoms with E-state index in [1.807, 2.05) is 0 Å². The third-order valence-corrected chi connectivity index (χ3v) is 6.52. The summed E-state index contributed by atoms with van der Waals surface area (Å²) in [5.74, 6) is -0.860. The van der Waals surface area contributed by atoms with E-state index < -0.39 is 28.3 Å². The zero-order valence-corrected chi connectivity index (χ0v) is 16.0. The molecule has 0 saturated heterocycles. The van der Waals surface area contributed by atoms with E-state index in [0.717, 1.165) is 11.4 Å². The maximum atomic E-state index is 13.4. The van der Waals surface area contributed by atoms with E-state index in [1.54, 1.807) is 42.5 Å². The van der Waals surface area contributed by atoms with E-state index in [-0.39, 0.29) is 17.1 Å². The molecule has 2 aromatic carbocycles. The molecule has 9 nitrogen and oxygen atoms in total. The van der Waals surface area contributed by atoms with Crippen molar-refractivity contribution in [1.82, 2.24) is 0 Å². The first kappa shape index (κ1) is 19.6. The topological polar surface area (TPSA) is 112 Å². The molecule has 1 N–H and O–H groups in total. The molecule has 0 amide bonds. The molecule has 10 heteroatoms. The van der Waals surface area contributed by atoms with Crippen LogP contribution in [0.1, 0.15) is 5.56 Å². The summed E-state index contributed by atoms with van der Waals surface area (Å²) in [6.45, 7) is -0.223. The van der Waals surface area contributed by atoms with Gasteiger partial charge in [-0.05, 0) is 18.2 Å². The van der Waals surface area contributed by atoms with E-state index in [9.17, 15) is 18.5 Å². The fourth-order valence-electron chi connectivity index (χ4n) is 3.46. The first-order valence-corrected chi connectivity index (χ1v) is 10.0. The molecule has 0 bridgehead atoms. The Morgan fingerprint density at radius 3 is 2.55 bits per heavy atom. The van der Waals surface area contributed by atoms with Crippen LogP contribution >= 0.6 is 0 Å². The average Bonchev–Trinajstić information content (AvgIpc) is 3.10. The highest BCUT2D eigenvalue weighted by Gasteiger charge is 2.48. The van der Waals surface area contributed by atoms with Crippen LogP contribution in [0.25, 0.3) is 5.57 Å². The second kappa shape index (κ2) is 7.58. The molecule has 2 aromatic rings. The SMILES string of the molecule is COC(=O)C(OO)C1=C2c3ccccc3N(S(=O)(=O)c3ccccc3)C2OOC1. The number of para-hydroxylation sites is 1. The van der Waals surface area contributed by atoms with Gasteiger partial charge in [0.1, 0.15) is 6.61 Å². The molecular formula is C19H17NO8S. The van der Waals surface area contributed by atoms with Crippen LogP contribution in [-0.2, 0) is 34.2 Å². The van der Waals surface area contributed by atoms with Crippen molar-refractivity contribution < 1.29 is 37.9 Å². The van der Waals surface area contributed by atoms with Gasteiger partial charge in [0.05, 0.1) is 17.7 Å². The molecule has 2 atom stereocenters. The Morgan fingerprint density at radius 2 is 1.86 bits per heavy atom. The molecule has 0 radical (unpaired) electrons. The van der Waals surface area contributed by atoms with Gasteiger partial charge in [-0.1, -0.05) is 36.4 Å². The number of hydrogen-bond acceptors (Lipinski definition) is 8. The number of rotatable bonds is 5. The number of ether oxygens (including phenoxy) is 1. The second-order valence-corrected chi connectivity index (χ2v) is 8.10. The summed E-state index contributed by atoms with van der Waals surface area (Å²) < 4.78 is 32.5. The van der Waals surface area contributed by atoms with Crippen molar-refractivity contribution in [3.63, 3.8) is 0 Å². The van der Waals surface area contributed by atoms with Gasteiger partial charge in [-0.2, -0.15) is 0 Å². The Kier molecular flexibility index (Phi) is 5.11. The fourth-order valence-corrected chi connectivity index (χ4v) is 5.00. The number of methoxy groups -OCH3 is 1. The Balaban J connectivity index is 1.92. The van der Waals surface area contributed by atoms with E-state index >= 15 is 0 Å². The lowest BCUT2D eigenvalue weighted by atomic mass is 9.96. The number of carbonyl (C=O) groups excluding carboxylic acids is 1. The van der Waals surface area contributed by atoms with Crippen LogP contribution in [0.4, 0.5) is 5.69 Å². The molecule has 0 fully saturated rings. The number of sulfonamides is 1. The third-order valence-electron chi connectivity index (χ3n) is 4.75. The standard InChI is InChI=1S/C19H17NO8S/c1-25-19(21)17(27-22)14-11-26-28-18-16(14)13-9-5-6-10-15(13)20(18)29(23,24)12-7-3-2-4-8-12/h2-10,17-18,22H,11H2,1H3. The predicted octanol–water partition coefficient (Wildman–Crippen LogP) is 1.97. The number of nitrogens with zero attached hydrogens (tertiary/aromatic N) is 1. The Labute approximate surface area is 166 Å². The lowest BCUT2D eigenvalue weighted by Gasteiger charge is -2.30. The zero-order chi connectivity index (χ0) is 20.6. The monoisotopic (exact) mass is 419 g/mol. The lowest BCUT2D eigenvalue weighted by Crippen LogP contribution is -2.43. The van der Waals surface area contributed by atoms with Crippen LogP contribution < -0.4 is 4.31 Å². The maximum absolute atomic E-state index is 13.4. The molecule has 152 valence electrons. The molecule has 0 saturated carbocycles. The summed E-state index contributed by atoms with van der Waals surface area (Å²) in [6, 6.07) is 14.6. The van der Waals surface area contributed by atoms with E-state index in [1.165, 1.54) is 12.1 Å². The van der Waals surface area contributed by atoms with E-state index in [0.29, 0.717) is 16.8 Å². The number of fused-ring (bicyclic) bond motifs is 3. The number of anilines is 1. The molecule has 2 heterocycles. The Hall–Kier alpha value is -2.76. The quantitative estimate of drug-likeness (QED) is 0.445. The second-order valence-electron chi connectivity index (χ2n) is 6.29. The van der Waals surface area contributed by atoms with Gasteiger partial charge >= 0.3 is 5.97 Å². The van der Waals surface area contributed by atoms with Crippen molar-refractivity contribution in [3.05, 3.63) is 65.7 Å². The summed E-state index contributed by atoms with van der Waals surface area (Å²) in [7, 11) is -2.88. The largest absolute Gasteiger partial charge is 0.467 e. The number of carbonyl (C=O) groups is 1. The predicted molar refractivity (Wildman–Crippen MR) is 99.8 cm³/mol. The van der Waals surface area contributed by atoms with Crippen molar-refractivity contribution in [1.29, 1.82) is 0 Å². The zero-order valence-electron chi connectivity index (χ0n) is 15.2. The fraction of sp³-hybridized carbons (Fsp3) is 0.211. The van der Waals surface area contributed by atoms with Gasteiger partial charge in [0, 0.05) is 16.7 Å². The summed E-state index contributed by atoms with van der Waals surface area (Å²) in [4.78, 5) is 26.9. The molecule has 2 aliphatic heterocycles. The molecule has 0 aromatic heterocycles. The van der Waals surface area contributed by atoms with Crippen molar-refractivity contribution in [2.45, 2.75) is 17.2 Å². The minimum atomic E-state index is -4.03. The Bertz CT molecular complexity index is 1070. The highest BCUT2D eigenvalue weighted by molar-refractivity contribution is 7.93. The number of benzene rings is 2. The Morgan fingerprint density at radius 1 is 1.17 bits per heavy atom. The van der Waals surface area contributed by atoms with E-state index in [4.69, 9.17) is 9.78 Å². The smallest absolute Gasteiger partial charge is 0.342 e. The molecule has 29 heavy (non-hydrogen) atoms. The average molecular weight is 419 g/mol. The van der Waals surface area contributed by atoms with Crippen LogP contribution in [0.3, 0.4) is 0 Å². The van der Waals surface area contributed by atoms with Gasteiger partial charge in [0.25, 0.3) is 10.0 Å². The van der Waals surface area contributed by atoms with Crippen molar-refractivity contribution >= 4 is 27.3 Å². The molecule has 0 spiro atoms. The van der Waals surface area contributed by atoms with Gasteiger partial charge in [-0.25, -0.2) is 32.2 Å². The minimum absolute atomic E-state index is 0.0645. The van der Waals surface area contributed by atoms with Crippen LogP contribution in [0, 0.1) is 0 Å². The minimum Gasteiger partial charge on any atom is -0.467 e. The summed E-state index contributed by atoms with van der Waals surface area (Å²) in [6.07, 6.45) is -2.70. The normalized spacial score (nSPS) is 19.5. The molecular weight excluding hydrogens is 402 g/mol. The molecule has 2 aliphatic rings. The van der Waals surface area contributed by atoms with Crippen molar-refractivity contribution in [3.8, 4) is 0 Å². The van der Waals surface area contributed by atoms with Gasteiger partial charge in [-0.3, -0.25) is 5.26 Å². The van der Waals surface area contributed by atoms with Crippen LogP contribution in [0.15, 0.2) is 65.1 Å². The first-order chi connectivity index (χ1) is 14.0. The highest BCUT2D eigenvalue weighted by atomic mass is 32.2. The van der Waals surface area contributed by atoms with Gasteiger partial charge in [0.2, 0.25) is 12.3 Å². The highest BCUT2D eigenvalue weighted by Crippen LogP contribution is 2.47. The summed E-state index contributed by atoms with van der Waals surface area (Å²) in [5.41, 5.74) is 1.42. The molecule has 2 unspecified atom stereocenters. The first-order valence-electron chi connectivity index (χ1n) is 8.59. The molecule has 4 rings (SSSR count). The number of esters is 1. The maximum Gasteiger partial charge on any atom is 0.342 e. The van der Waals surface area contributed by atoms with Gasteiger partial charge < -0.3 is 4.74 Å². The summed E-state index contributed by atoms with van der Waals surface area (Å²) >= 11 is 0. The van der Waals surface area contributed by atoms with Crippen LogP contribution in [0.2, 0.25) is 0 Å². The van der Waals surface area contributed by atoms with Gasteiger partial charge in [-0.15, -0.1) is 0 Å². The van der Waals surface area contributed by atoms with Crippen molar-refractivity contribution in [2.75, 3.05) is 18.0 Å². The van der Waals surface area contributed by atoms with E-state index in [2.05, 4.69) is 9.62 Å². The lowest BCUT2D eigenvalue weighted by molar-refractivity contribution is -0.317. The number of hydrogen-bond donors (Lipinski definition) is 1. The van der Waals surface area contributed by atoms with Crippen molar-refractivity contribution in [2.24, 2.45) is 0 Å². The van der Waals surface area contributed by atoms with Crippen LogP contribution in [0.5, 0.6) is 0 Å². The summed E-state index contributed by atoms with van der Waals surface area (Å²) in [5, 5.41) is 9.29. The third kappa shape index (κ3) is 3.11. The van der Waals surface area contributed by atoms with Gasteiger partial charge in [0.15, 0.2) is 0 Å². The molecule has 0 aliphatic carbocycles. The van der Waals surface area contributed by atoms with Crippen LogP contribution in [-0.4, -0.2) is 45.7 Å².